The Morgan fingerprint density at radius 1 is 0.975 bits per heavy atom. The molecule has 224 valence electrons. The van der Waals surface area contributed by atoms with Crippen LogP contribution in [0.3, 0.4) is 0 Å². The molecule has 3 amide bonds. The second-order valence-electron chi connectivity index (χ2n) is 11.3. The third kappa shape index (κ3) is 9.88. The number of amides is 3. The molecule has 1 saturated carbocycles. The van der Waals surface area contributed by atoms with Gasteiger partial charge in [0.1, 0.15) is 23.9 Å². The molecule has 4 atom stereocenters. The fourth-order valence-electron chi connectivity index (χ4n) is 5.12. The Kier molecular flexibility index (Phi) is 12.6. The number of carbonyl (C=O) groups excluding carboxylic acids is 3. The van der Waals surface area contributed by atoms with Gasteiger partial charge in [-0.2, -0.15) is 25.3 Å². The SMILES string of the molecule is Cc1cc(O)cc(C)c1C[C@H](N)C(=O)N[C@H](CS)C(=O)N[C@@H](CC1CCCCC1)C(=O)N[C@@H](C(=O)O)C(C)(C)S. The molecule has 1 fully saturated rings. The number of aryl methyl sites for hydroxylation is 2. The fraction of sp³-hybridized carbons (Fsp3) is 0.643. The number of phenolic OH excluding ortho intramolecular Hbond substituents is 1. The van der Waals surface area contributed by atoms with E-state index in [9.17, 15) is 29.4 Å². The number of aliphatic carboxylic acids is 1. The second-order valence-corrected chi connectivity index (χ2v) is 12.9. The Bertz CT molecular complexity index is 1050. The number of nitrogens with one attached hydrogen (secondary N) is 3. The highest BCUT2D eigenvalue weighted by atomic mass is 32.1. The van der Waals surface area contributed by atoms with Crippen LogP contribution in [0.15, 0.2) is 12.1 Å². The van der Waals surface area contributed by atoms with Gasteiger partial charge in [-0.25, -0.2) is 4.79 Å². The third-order valence-electron chi connectivity index (χ3n) is 7.42. The Morgan fingerprint density at radius 2 is 1.50 bits per heavy atom. The van der Waals surface area contributed by atoms with Crippen molar-refractivity contribution in [3.05, 3.63) is 28.8 Å². The van der Waals surface area contributed by atoms with Crippen molar-refractivity contribution < 1.29 is 29.4 Å². The zero-order valence-corrected chi connectivity index (χ0v) is 25.5. The fourth-order valence-corrected chi connectivity index (χ4v) is 5.55. The van der Waals surface area contributed by atoms with Crippen LogP contribution in [0, 0.1) is 19.8 Å². The molecule has 1 aliphatic carbocycles. The summed E-state index contributed by atoms with van der Waals surface area (Å²) < 4.78 is -1.05. The van der Waals surface area contributed by atoms with Crippen molar-refractivity contribution in [2.45, 2.75) is 102 Å². The number of thiol groups is 2. The minimum atomic E-state index is -1.28. The Morgan fingerprint density at radius 3 is 2.00 bits per heavy atom. The molecule has 0 spiro atoms. The number of hydrogen-bond acceptors (Lipinski definition) is 8. The van der Waals surface area contributed by atoms with Crippen molar-refractivity contribution in [1.82, 2.24) is 16.0 Å². The summed E-state index contributed by atoms with van der Waals surface area (Å²) in [6.45, 7) is 6.80. The summed E-state index contributed by atoms with van der Waals surface area (Å²) in [5.74, 6) is -2.73. The molecule has 1 aliphatic rings. The molecule has 0 heterocycles. The summed E-state index contributed by atoms with van der Waals surface area (Å²) in [5, 5.41) is 27.3. The monoisotopic (exact) mass is 596 g/mol. The lowest BCUT2D eigenvalue weighted by molar-refractivity contribution is -0.143. The Hall–Kier alpha value is -2.44. The smallest absolute Gasteiger partial charge is 0.327 e. The maximum atomic E-state index is 13.3. The molecular weight excluding hydrogens is 552 g/mol. The molecule has 0 aliphatic heterocycles. The number of aromatic hydroxyl groups is 1. The van der Waals surface area contributed by atoms with Gasteiger partial charge < -0.3 is 31.9 Å². The van der Waals surface area contributed by atoms with Gasteiger partial charge in [0.2, 0.25) is 17.7 Å². The highest BCUT2D eigenvalue weighted by molar-refractivity contribution is 7.81. The minimum Gasteiger partial charge on any atom is -0.508 e. The maximum absolute atomic E-state index is 13.3. The van der Waals surface area contributed by atoms with Crippen LogP contribution < -0.4 is 21.7 Å². The van der Waals surface area contributed by atoms with Crippen molar-refractivity contribution in [2.24, 2.45) is 11.7 Å². The zero-order chi connectivity index (χ0) is 30.2. The summed E-state index contributed by atoms with van der Waals surface area (Å²) in [6, 6.07) is -1.12. The van der Waals surface area contributed by atoms with Gasteiger partial charge in [-0.1, -0.05) is 32.1 Å². The predicted octanol–water partition coefficient (Wildman–Crippen LogP) is 2.03. The summed E-state index contributed by atoms with van der Waals surface area (Å²) in [7, 11) is 0. The predicted molar refractivity (Wildman–Crippen MR) is 161 cm³/mol. The van der Waals surface area contributed by atoms with E-state index >= 15 is 0 Å². The number of benzene rings is 1. The lowest BCUT2D eigenvalue weighted by Crippen LogP contribution is -2.60. The lowest BCUT2D eigenvalue weighted by Gasteiger charge is -2.31. The van der Waals surface area contributed by atoms with Gasteiger partial charge >= 0.3 is 5.97 Å². The standard InChI is InChI=1S/C28H44N4O6S2/c1-15-10-18(33)11-16(2)19(15)13-20(29)24(34)31-22(14-39)26(36)30-21(12-17-8-6-5-7-9-17)25(35)32-23(27(37)38)28(3,4)40/h10-11,17,20-23,33,39-40H,5-9,12-14,29H2,1-4H3,(H,30,36)(H,31,34)(H,32,35)(H,37,38)/t20-,21-,22+,23-/m0/s1. The van der Waals surface area contributed by atoms with Gasteiger partial charge in [0.25, 0.3) is 0 Å². The first-order valence-corrected chi connectivity index (χ1v) is 14.7. The number of carbonyl (C=O) groups is 4. The topological polar surface area (TPSA) is 171 Å². The molecule has 7 N–H and O–H groups in total. The molecular formula is C28H44N4O6S2. The molecule has 0 aromatic heterocycles. The number of nitrogens with two attached hydrogens (primary N) is 1. The first-order chi connectivity index (χ1) is 18.6. The van der Waals surface area contributed by atoms with Crippen LogP contribution in [0.25, 0.3) is 0 Å². The minimum absolute atomic E-state index is 0.0409. The summed E-state index contributed by atoms with van der Waals surface area (Å²) in [4.78, 5) is 51.3. The normalized spacial score (nSPS) is 17.3. The molecule has 0 unspecified atom stereocenters. The molecule has 0 radical (unpaired) electrons. The number of phenols is 1. The highest BCUT2D eigenvalue weighted by Crippen LogP contribution is 2.28. The van der Waals surface area contributed by atoms with E-state index in [4.69, 9.17) is 5.73 Å². The van der Waals surface area contributed by atoms with E-state index in [2.05, 4.69) is 41.2 Å². The number of carboxylic acids is 1. The first-order valence-electron chi connectivity index (χ1n) is 13.7. The van der Waals surface area contributed by atoms with Gasteiger partial charge in [-0.05, 0) is 75.3 Å². The van der Waals surface area contributed by atoms with Gasteiger partial charge in [0.15, 0.2) is 0 Å². The quantitative estimate of drug-likeness (QED) is 0.161. The van der Waals surface area contributed by atoms with E-state index in [1.807, 2.05) is 13.8 Å². The van der Waals surface area contributed by atoms with Crippen molar-refractivity contribution in [3.8, 4) is 5.75 Å². The molecule has 0 bridgehead atoms. The summed E-state index contributed by atoms with van der Waals surface area (Å²) in [5.41, 5.74) is 8.59. The highest BCUT2D eigenvalue weighted by Gasteiger charge is 2.37. The van der Waals surface area contributed by atoms with Crippen molar-refractivity contribution in [2.75, 3.05) is 5.75 Å². The summed E-state index contributed by atoms with van der Waals surface area (Å²) >= 11 is 8.56. The molecule has 12 heteroatoms. The molecule has 0 saturated heterocycles. The van der Waals surface area contributed by atoms with E-state index in [-0.39, 0.29) is 23.8 Å². The first kappa shape index (κ1) is 33.8. The van der Waals surface area contributed by atoms with Crippen LogP contribution >= 0.6 is 25.3 Å². The van der Waals surface area contributed by atoms with Gasteiger partial charge in [-0.3, -0.25) is 14.4 Å². The average Bonchev–Trinajstić information content (AvgIpc) is 2.86. The maximum Gasteiger partial charge on any atom is 0.327 e. The van der Waals surface area contributed by atoms with E-state index in [0.29, 0.717) is 6.42 Å². The Balaban J connectivity index is 2.14. The van der Waals surface area contributed by atoms with Crippen molar-refractivity contribution in [1.29, 1.82) is 0 Å². The van der Waals surface area contributed by atoms with Crippen LogP contribution in [0.1, 0.15) is 69.1 Å². The molecule has 1 aromatic rings. The van der Waals surface area contributed by atoms with Gasteiger partial charge in [0.05, 0.1) is 6.04 Å². The van der Waals surface area contributed by atoms with Crippen LogP contribution in [0.5, 0.6) is 5.75 Å². The van der Waals surface area contributed by atoms with Crippen LogP contribution in [-0.2, 0) is 25.6 Å². The summed E-state index contributed by atoms with van der Waals surface area (Å²) in [6.07, 6.45) is 5.56. The number of hydrogen-bond donors (Lipinski definition) is 8. The molecule has 10 nitrogen and oxygen atoms in total. The molecule has 1 aromatic carbocycles. The van der Waals surface area contributed by atoms with Crippen LogP contribution in [-0.4, -0.2) is 68.6 Å². The average molecular weight is 597 g/mol. The van der Waals surface area contributed by atoms with E-state index in [1.165, 1.54) is 0 Å². The number of carboxylic acid groups (broad SMARTS) is 1. The Labute approximate surface area is 247 Å². The van der Waals surface area contributed by atoms with Crippen molar-refractivity contribution in [3.63, 3.8) is 0 Å². The van der Waals surface area contributed by atoms with Crippen LogP contribution in [0.2, 0.25) is 0 Å². The largest absolute Gasteiger partial charge is 0.508 e. The van der Waals surface area contributed by atoms with E-state index in [0.717, 1.165) is 48.8 Å². The van der Waals surface area contributed by atoms with Gasteiger partial charge in [-0.15, -0.1) is 0 Å². The molecule has 40 heavy (non-hydrogen) atoms. The lowest BCUT2D eigenvalue weighted by atomic mass is 9.84. The van der Waals surface area contributed by atoms with E-state index in [1.54, 1.807) is 26.0 Å². The molecule has 2 rings (SSSR count). The number of rotatable bonds is 13. The van der Waals surface area contributed by atoms with Crippen molar-refractivity contribution >= 4 is 48.9 Å². The van der Waals surface area contributed by atoms with Gasteiger partial charge in [0, 0.05) is 10.5 Å². The zero-order valence-electron chi connectivity index (χ0n) is 23.7. The van der Waals surface area contributed by atoms with Crippen LogP contribution in [0.4, 0.5) is 0 Å². The third-order valence-corrected chi connectivity index (χ3v) is 8.05. The van der Waals surface area contributed by atoms with E-state index < -0.39 is 52.6 Å². The second kappa shape index (κ2) is 15.0.